The highest BCUT2D eigenvalue weighted by Crippen LogP contribution is 2.26. The number of carboxylic acid groups (broad SMARTS) is 2. The lowest BCUT2D eigenvalue weighted by atomic mass is 10.1. The molecule has 34 heavy (non-hydrogen) atoms. The van der Waals surface area contributed by atoms with E-state index in [0.717, 1.165) is 5.56 Å². The van der Waals surface area contributed by atoms with Crippen molar-refractivity contribution in [3.05, 3.63) is 63.6 Å². The van der Waals surface area contributed by atoms with E-state index in [4.69, 9.17) is 56.1 Å². The standard InChI is InChI=1S/C16H15Cl2NO3.C7H9NO3S/c17-13-5-2-6-14(18)12(13)9-22-11-4-1-3-10(7-11)8-15(19)16(20)21;1-4(9)8-3-5(12)2-6(8)7(10)11/h1-7,15H,8-9,19H2,(H,20,21);6H,2-3H2,1H3,(H,10,11)/t15-;6-/m00/s1. The van der Waals surface area contributed by atoms with Crippen LogP contribution in [-0.4, -0.2) is 56.5 Å². The van der Waals surface area contributed by atoms with Gasteiger partial charge in [-0.2, -0.15) is 0 Å². The number of hydrogen-bond donors (Lipinski definition) is 3. The number of likely N-dealkylation sites (tertiary alicyclic amines) is 1. The van der Waals surface area contributed by atoms with Crippen molar-refractivity contribution in [1.29, 1.82) is 0 Å². The molecule has 1 aliphatic heterocycles. The van der Waals surface area contributed by atoms with E-state index in [1.807, 2.05) is 0 Å². The van der Waals surface area contributed by atoms with E-state index in [0.29, 0.717) is 39.2 Å². The highest BCUT2D eigenvalue weighted by atomic mass is 35.5. The number of aliphatic carboxylic acids is 2. The monoisotopic (exact) mass is 526 g/mol. The highest BCUT2D eigenvalue weighted by molar-refractivity contribution is 7.80. The number of nitrogens with two attached hydrogens (primary N) is 1. The molecule has 8 nitrogen and oxygen atoms in total. The molecule has 1 amide bonds. The zero-order valence-corrected chi connectivity index (χ0v) is 20.6. The van der Waals surface area contributed by atoms with Crippen molar-refractivity contribution in [1.82, 2.24) is 4.90 Å². The number of nitrogens with zero attached hydrogens (tertiary/aromatic N) is 1. The summed E-state index contributed by atoms with van der Waals surface area (Å²) in [5.74, 6) is -1.65. The number of rotatable bonds is 7. The average molecular weight is 527 g/mol. The number of hydrogen-bond acceptors (Lipinski definition) is 6. The quantitative estimate of drug-likeness (QED) is 0.466. The molecule has 11 heteroatoms. The Balaban J connectivity index is 0.000000287. The van der Waals surface area contributed by atoms with E-state index < -0.39 is 24.0 Å². The molecule has 0 saturated carbocycles. The van der Waals surface area contributed by atoms with Crippen molar-refractivity contribution in [3.63, 3.8) is 0 Å². The Morgan fingerprint density at radius 1 is 1.18 bits per heavy atom. The fourth-order valence-electron chi connectivity index (χ4n) is 3.17. The first-order chi connectivity index (χ1) is 16.0. The molecule has 0 spiro atoms. The smallest absolute Gasteiger partial charge is 0.326 e. The number of ether oxygens (including phenoxy) is 1. The Kier molecular flexibility index (Phi) is 10.2. The molecule has 0 bridgehead atoms. The first-order valence-corrected chi connectivity index (χ1v) is 11.3. The summed E-state index contributed by atoms with van der Waals surface area (Å²) in [6.07, 6.45) is 0.545. The SMILES string of the molecule is CC(=O)N1CC(=S)C[C@H]1C(=O)O.N[C@@H](Cc1cccc(OCc2c(Cl)cccc2Cl)c1)C(=O)O. The van der Waals surface area contributed by atoms with Gasteiger partial charge < -0.3 is 25.6 Å². The van der Waals surface area contributed by atoms with Crippen molar-refractivity contribution in [3.8, 4) is 5.75 Å². The summed E-state index contributed by atoms with van der Waals surface area (Å²) in [5, 5.41) is 18.6. The number of thiocarbonyl (C=S) groups is 1. The van der Waals surface area contributed by atoms with Crippen LogP contribution < -0.4 is 10.5 Å². The fourth-order valence-corrected chi connectivity index (χ4v) is 3.97. The maximum atomic E-state index is 10.9. The van der Waals surface area contributed by atoms with Crippen LogP contribution in [0.1, 0.15) is 24.5 Å². The van der Waals surface area contributed by atoms with Crippen LogP contribution in [0.5, 0.6) is 5.75 Å². The van der Waals surface area contributed by atoms with Crippen molar-refractivity contribution in [2.24, 2.45) is 5.73 Å². The summed E-state index contributed by atoms with van der Waals surface area (Å²) >= 11 is 17.0. The van der Waals surface area contributed by atoms with Gasteiger partial charge in [0.25, 0.3) is 0 Å². The van der Waals surface area contributed by atoms with Crippen LogP contribution >= 0.6 is 35.4 Å². The van der Waals surface area contributed by atoms with Gasteiger partial charge in [0.05, 0.1) is 6.54 Å². The van der Waals surface area contributed by atoms with E-state index >= 15 is 0 Å². The van der Waals surface area contributed by atoms with E-state index in [9.17, 15) is 14.4 Å². The summed E-state index contributed by atoms with van der Waals surface area (Å²) in [7, 11) is 0. The number of carbonyl (C=O) groups is 3. The second kappa shape index (κ2) is 12.7. The minimum absolute atomic E-state index is 0.229. The van der Waals surface area contributed by atoms with Gasteiger partial charge in [0.2, 0.25) is 5.91 Å². The number of benzene rings is 2. The molecule has 3 rings (SSSR count). The Morgan fingerprint density at radius 2 is 1.79 bits per heavy atom. The third kappa shape index (κ3) is 7.95. The number of carboxylic acids is 2. The van der Waals surface area contributed by atoms with Crippen molar-refractivity contribution >= 4 is 58.1 Å². The molecule has 1 fully saturated rings. The second-order valence-corrected chi connectivity index (χ2v) is 8.92. The Bertz CT molecular complexity index is 1040. The second-order valence-electron chi connectivity index (χ2n) is 7.53. The molecule has 0 aromatic heterocycles. The van der Waals surface area contributed by atoms with E-state index in [2.05, 4.69) is 0 Å². The minimum atomic E-state index is -1.03. The van der Waals surface area contributed by atoms with E-state index in [1.165, 1.54) is 11.8 Å². The van der Waals surface area contributed by atoms with Crippen LogP contribution in [0.4, 0.5) is 0 Å². The van der Waals surface area contributed by atoms with Gasteiger partial charge in [-0.25, -0.2) is 4.79 Å². The largest absolute Gasteiger partial charge is 0.489 e. The van der Waals surface area contributed by atoms with Crippen molar-refractivity contribution < 1.29 is 29.3 Å². The molecule has 1 heterocycles. The average Bonchev–Trinajstić information content (AvgIpc) is 3.17. The van der Waals surface area contributed by atoms with Crippen LogP contribution in [0.3, 0.4) is 0 Å². The maximum Gasteiger partial charge on any atom is 0.326 e. The predicted molar refractivity (Wildman–Crippen MR) is 133 cm³/mol. The molecule has 0 radical (unpaired) electrons. The minimum Gasteiger partial charge on any atom is -0.489 e. The van der Waals surface area contributed by atoms with Crippen LogP contribution in [0, 0.1) is 0 Å². The van der Waals surface area contributed by atoms with Gasteiger partial charge in [-0.15, -0.1) is 0 Å². The number of halogens is 2. The Hall–Kier alpha value is -2.72. The Morgan fingerprint density at radius 3 is 2.32 bits per heavy atom. The maximum absolute atomic E-state index is 10.9. The summed E-state index contributed by atoms with van der Waals surface area (Å²) in [6, 6.07) is 10.7. The normalized spacial score (nSPS) is 15.8. The molecule has 2 aromatic carbocycles. The summed E-state index contributed by atoms with van der Waals surface area (Å²) in [4.78, 5) is 34.2. The third-order valence-corrected chi connectivity index (χ3v) is 5.95. The summed E-state index contributed by atoms with van der Waals surface area (Å²) in [5.41, 5.74) is 7.02. The lowest BCUT2D eigenvalue weighted by molar-refractivity contribution is -0.147. The van der Waals surface area contributed by atoms with E-state index in [-0.39, 0.29) is 18.9 Å². The molecular weight excluding hydrogens is 503 g/mol. The molecular formula is C23H24Cl2N2O6S. The van der Waals surface area contributed by atoms with Gasteiger partial charge in [0, 0.05) is 33.8 Å². The lowest BCUT2D eigenvalue weighted by Crippen LogP contribution is -2.39. The van der Waals surface area contributed by atoms with Crippen LogP contribution in [0.15, 0.2) is 42.5 Å². The molecule has 182 valence electrons. The molecule has 2 aromatic rings. The summed E-state index contributed by atoms with van der Waals surface area (Å²) < 4.78 is 5.68. The number of carbonyl (C=O) groups excluding carboxylic acids is 1. The molecule has 4 N–H and O–H groups in total. The van der Waals surface area contributed by atoms with Crippen LogP contribution in [0.2, 0.25) is 10.0 Å². The molecule has 0 aliphatic carbocycles. The van der Waals surface area contributed by atoms with Gasteiger partial charge in [-0.05, 0) is 36.2 Å². The van der Waals surface area contributed by atoms with Crippen LogP contribution in [0.25, 0.3) is 0 Å². The first kappa shape index (κ1) is 27.5. The predicted octanol–water partition coefficient (Wildman–Crippen LogP) is 3.59. The topological polar surface area (TPSA) is 130 Å². The first-order valence-electron chi connectivity index (χ1n) is 10.1. The van der Waals surface area contributed by atoms with Crippen molar-refractivity contribution in [2.45, 2.75) is 38.5 Å². The van der Waals surface area contributed by atoms with Gasteiger partial charge in [0.15, 0.2) is 0 Å². The molecule has 1 saturated heterocycles. The lowest BCUT2D eigenvalue weighted by Gasteiger charge is -2.18. The fraction of sp³-hybridized carbons (Fsp3) is 0.304. The van der Waals surface area contributed by atoms with Gasteiger partial charge in [0.1, 0.15) is 24.4 Å². The highest BCUT2D eigenvalue weighted by Gasteiger charge is 2.34. The van der Waals surface area contributed by atoms with Gasteiger partial charge in [-0.3, -0.25) is 9.59 Å². The van der Waals surface area contributed by atoms with Gasteiger partial charge >= 0.3 is 11.9 Å². The van der Waals surface area contributed by atoms with Crippen molar-refractivity contribution in [2.75, 3.05) is 6.54 Å². The summed E-state index contributed by atoms with van der Waals surface area (Å²) in [6.45, 7) is 1.89. The van der Waals surface area contributed by atoms with Crippen LogP contribution in [-0.2, 0) is 27.4 Å². The molecule has 0 unspecified atom stereocenters. The third-order valence-electron chi connectivity index (χ3n) is 4.95. The van der Waals surface area contributed by atoms with E-state index in [1.54, 1.807) is 42.5 Å². The van der Waals surface area contributed by atoms with Gasteiger partial charge in [-0.1, -0.05) is 53.6 Å². The molecule has 1 aliphatic rings. The molecule has 2 atom stereocenters. The zero-order chi connectivity index (χ0) is 25.4. The zero-order valence-electron chi connectivity index (χ0n) is 18.2. The number of amides is 1. The Labute approximate surface area is 212 Å².